The van der Waals surface area contributed by atoms with E-state index in [1.165, 1.54) is 0 Å². The fraction of sp³-hybridized carbons (Fsp3) is 0.800. The third-order valence-corrected chi connectivity index (χ3v) is 1.78. The molecule has 0 aliphatic heterocycles. The second-order valence-corrected chi connectivity index (χ2v) is 3.97. The number of carboxylic acids is 1. The molecule has 0 aromatic rings. The van der Waals surface area contributed by atoms with Crippen LogP contribution in [0.3, 0.4) is 0 Å². The van der Waals surface area contributed by atoms with E-state index < -0.39 is 22.0 Å². The summed E-state index contributed by atoms with van der Waals surface area (Å²) in [6, 6.07) is -1.01. The van der Waals surface area contributed by atoms with Gasteiger partial charge in [-0.1, -0.05) is 6.92 Å². The largest absolute Gasteiger partial charge is 0.480 e. The van der Waals surface area contributed by atoms with Crippen molar-refractivity contribution in [3.8, 4) is 0 Å². The summed E-state index contributed by atoms with van der Waals surface area (Å²) in [5.41, 5.74) is 0. The molecule has 0 amide bonds. The van der Waals surface area contributed by atoms with Crippen molar-refractivity contribution in [1.82, 2.24) is 4.72 Å². The van der Waals surface area contributed by atoms with Gasteiger partial charge >= 0.3 is 5.97 Å². The van der Waals surface area contributed by atoms with Gasteiger partial charge < -0.3 is 5.11 Å². The van der Waals surface area contributed by atoms with Crippen molar-refractivity contribution in [3.05, 3.63) is 0 Å². The van der Waals surface area contributed by atoms with Gasteiger partial charge in [0, 0.05) is 0 Å². The molecule has 0 saturated heterocycles. The molecule has 5 nitrogen and oxygen atoms in total. The Balaban J connectivity index is 4.22. The van der Waals surface area contributed by atoms with Gasteiger partial charge in [0.25, 0.3) is 0 Å². The van der Waals surface area contributed by atoms with E-state index in [9.17, 15) is 13.2 Å². The molecule has 0 aliphatic carbocycles. The molecule has 0 radical (unpaired) electrons. The maximum atomic E-state index is 10.5. The molecule has 0 rings (SSSR count). The summed E-state index contributed by atoms with van der Waals surface area (Å²) < 4.78 is 23.0. The van der Waals surface area contributed by atoms with E-state index >= 15 is 0 Å². The van der Waals surface area contributed by atoms with Crippen LogP contribution in [0.5, 0.6) is 0 Å². The summed E-state index contributed by atoms with van der Waals surface area (Å²) in [5.74, 6) is -1.15. The minimum atomic E-state index is -3.41. The first-order chi connectivity index (χ1) is 4.87. The van der Waals surface area contributed by atoms with Crippen LogP contribution in [0, 0.1) is 0 Å². The van der Waals surface area contributed by atoms with Gasteiger partial charge in [-0.15, -0.1) is 0 Å². The third-order valence-electron chi connectivity index (χ3n) is 1.06. The SMILES string of the molecule is CC[C@H](NS(C)(=O)=O)C(=O)O. The molecule has 0 unspecified atom stereocenters. The van der Waals surface area contributed by atoms with Gasteiger partial charge in [0.15, 0.2) is 0 Å². The van der Waals surface area contributed by atoms with Gasteiger partial charge in [-0.25, -0.2) is 13.1 Å². The molecule has 0 aromatic carbocycles. The smallest absolute Gasteiger partial charge is 0.321 e. The summed E-state index contributed by atoms with van der Waals surface area (Å²) >= 11 is 0. The highest BCUT2D eigenvalue weighted by Crippen LogP contribution is 1.92. The van der Waals surface area contributed by atoms with Crippen LogP contribution in [0.25, 0.3) is 0 Å². The van der Waals surface area contributed by atoms with Gasteiger partial charge in [-0.05, 0) is 6.42 Å². The number of hydrogen-bond donors (Lipinski definition) is 2. The molecule has 0 heterocycles. The van der Waals surface area contributed by atoms with E-state index in [0.717, 1.165) is 6.26 Å². The highest BCUT2D eigenvalue weighted by atomic mass is 32.2. The molecule has 0 saturated carbocycles. The van der Waals surface area contributed by atoms with Gasteiger partial charge in [-0.2, -0.15) is 0 Å². The number of sulfonamides is 1. The van der Waals surface area contributed by atoms with Crippen molar-refractivity contribution in [3.63, 3.8) is 0 Å². The third kappa shape index (κ3) is 4.74. The summed E-state index contributed by atoms with van der Waals surface area (Å²) in [6.45, 7) is 1.59. The summed E-state index contributed by atoms with van der Waals surface area (Å²) in [7, 11) is -3.41. The fourth-order valence-electron chi connectivity index (χ4n) is 0.567. The monoisotopic (exact) mass is 181 g/mol. The van der Waals surface area contributed by atoms with Crippen molar-refractivity contribution >= 4 is 16.0 Å². The topological polar surface area (TPSA) is 83.5 Å². The first-order valence-electron chi connectivity index (χ1n) is 3.07. The minimum absolute atomic E-state index is 0.238. The Morgan fingerprint density at radius 1 is 1.64 bits per heavy atom. The predicted molar refractivity (Wildman–Crippen MR) is 39.7 cm³/mol. The van der Waals surface area contributed by atoms with Gasteiger partial charge in [0.05, 0.1) is 6.26 Å². The Hall–Kier alpha value is -0.620. The lowest BCUT2D eigenvalue weighted by molar-refractivity contribution is -0.139. The zero-order valence-corrected chi connectivity index (χ0v) is 7.18. The highest BCUT2D eigenvalue weighted by Gasteiger charge is 2.18. The van der Waals surface area contributed by atoms with Crippen molar-refractivity contribution in [2.75, 3.05) is 6.26 Å². The summed E-state index contributed by atoms with van der Waals surface area (Å²) in [6.07, 6.45) is 1.17. The first-order valence-corrected chi connectivity index (χ1v) is 4.96. The summed E-state index contributed by atoms with van der Waals surface area (Å²) in [5, 5.41) is 8.41. The van der Waals surface area contributed by atoms with Crippen LogP contribution in [-0.2, 0) is 14.8 Å². The van der Waals surface area contributed by atoms with Crippen LogP contribution >= 0.6 is 0 Å². The van der Waals surface area contributed by atoms with E-state index in [1.54, 1.807) is 6.92 Å². The Labute approximate surface area is 65.5 Å². The molecule has 1 atom stereocenters. The molecule has 0 fully saturated rings. The predicted octanol–water partition coefficient (Wildman–Crippen LogP) is -0.601. The number of carboxylic acid groups (broad SMARTS) is 1. The lowest BCUT2D eigenvalue weighted by Crippen LogP contribution is -2.39. The molecule has 0 aliphatic rings. The lowest BCUT2D eigenvalue weighted by Gasteiger charge is -2.08. The van der Waals surface area contributed by atoms with Crippen LogP contribution in [0.1, 0.15) is 13.3 Å². The molecule has 0 spiro atoms. The molecule has 0 bridgehead atoms. The molecule has 6 heteroatoms. The fourth-order valence-corrected chi connectivity index (χ4v) is 1.35. The molecule has 0 aromatic heterocycles. The van der Waals surface area contributed by atoms with Gasteiger partial charge in [-0.3, -0.25) is 4.79 Å². The Morgan fingerprint density at radius 2 is 2.09 bits per heavy atom. The number of hydrogen-bond acceptors (Lipinski definition) is 3. The second-order valence-electron chi connectivity index (χ2n) is 2.19. The Bertz CT molecular complexity index is 233. The summed E-state index contributed by atoms with van der Waals surface area (Å²) in [4.78, 5) is 10.3. The van der Waals surface area contributed by atoms with E-state index in [2.05, 4.69) is 0 Å². The zero-order chi connectivity index (χ0) is 9.07. The molecular formula is C5H11NO4S. The highest BCUT2D eigenvalue weighted by molar-refractivity contribution is 7.88. The maximum Gasteiger partial charge on any atom is 0.321 e. The normalized spacial score (nSPS) is 14.4. The number of rotatable bonds is 4. The Morgan fingerprint density at radius 3 is 2.18 bits per heavy atom. The van der Waals surface area contributed by atoms with Crippen molar-refractivity contribution in [2.24, 2.45) is 0 Å². The van der Waals surface area contributed by atoms with Crippen molar-refractivity contribution in [1.29, 1.82) is 0 Å². The van der Waals surface area contributed by atoms with Crippen LogP contribution in [0.4, 0.5) is 0 Å². The van der Waals surface area contributed by atoms with E-state index in [0.29, 0.717) is 0 Å². The van der Waals surface area contributed by atoms with E-state index in [4.69, 9.17) is 5.11 Å². The molecule has 11 heavy (non-hydrogen) atoms. The molecule has 66 valence electrons. The quantitative estimate of drug-likeness (QED) is 0.606. The van der Waals surface area contributed by atoms with Crippen LogP contribution in [0.2, 0.25) is 0 Å². The lowest BCUT2D eigenvalue weighted by atomic mass is 10.2. The first kappa shape index (κ1) is 10.4. The standard InChI is InChI=1S/C5H11NO4S/c1-3-4(5(7)8)6-11(2,9)10/h4,6H,3H2,1-2H3,(H,7,8)/t4-/m0/s1. The van der Waals surface area contributed by atoms with Gasteiger partial charge in [0.1, 0.15) is 6.04 Å². The zero-order valence-electron chi connectivity index (χ0n) is 6.36. The van der Waals surface area contributed by atoms with Crippen molar-refractivity contribution < 1.29 is 18.3 Å². The Kier molecular flexibility index (Phi) is 3.47. The van der Waals surface area contributed by atoms with Crippen LogP contribution < -0.4 is 4.72 Å². The maximum absolute atomic E-state index is 10.5. The minimum Gasteiger partial charge on any atom is -0.480 e. The number of nitrogens with one attached hydrogen (secondary N) is 1. The second kappa shape index (κ2) is 3.68. The van der Waals surface area contributed by atoms with E-state index in [-0.39, 0.29) is 6.42 Å². The van der Waals surface area contributed by atoms with Crippen LogP contribution in [-0.4, -0.2) is 31.8 Å². The van der Waals surface area contributed by atoms with Crippen molar-refractivity contribution in [2.45, 2.75) is 19.4 Å². The number of aliphatic carboxylic acids is 1. The molecular weight excluding hydrogens is 170 g/mol. The van der Waals surface area contributed by atoms with E-state index in [1.807, 2.05) is 4.72 Å². The van der Waals surface area contributed by atoms with Crippen LogP contribution in [0.15, 0.2) is 0 Å². The number of carbonyl (C=O) groups is 1. The molecule has 2 N–H and O–H groups in total. The average molecular weight is 181 g/mol. The average Bonchev–Trinajstić information content (AvgIpc) is 1.80. The van der Waals surface area contributed by atoms with Gasteiger partial charge in [0.2, 0.25) is 10.0 Å².